The second-order valence-corrected chi connectivity index (χ2v) is 17.1. The molecular weight excluding hydrogens is 428 g/mol. The highest BCUT2D eigenvalue weighted by Gasteiger charge is 2.44. The maximum Gasteiger partial charge on any atom is 0.389 e. The van der Waals surface area contributed by atoms with Gasteiger partial charge in [-0.15, -0.1) is 0 Å². The average Bonchev–Trinajstić information content (AvgIpc) is 2.40. The lowest BCUT2D eigenvalue weighted by molar-refractivity contribution is -0.131. The van der Waals surface area contributed by atoms with Gasteiger partial charge in [-0.2, -0.15) is 26.3 Å². The second kappa shape index (κ2) is 10.7. The number of nitrogens with zero attached hydrogens (tertiary/aromatic N) is 1. The minimum atomic E-state index is -4.42. The van der Waals surface area contributed by atoms with Crippen molar-refractivity contribution in [3.05, 3.63) is 0 Å². The maximum absolute atomic E-state index is 12.7. The van der Waals surface area contributed by atoms with Crippen molar-refractivity contribution in [2.45, 2.75) is 69.4 Å². The Kier molecular flexibility index (Phi) is 10.8. The van der Waals surface area contributed by atoms with Crippen molar-refractivity contribution in [1.82, 2.24) is 4.90 Å². The summed E-state index contributed by atoms with van der Waals surface area (Å²) in [5.74, 6) is 0. The molecule has 4 nitrogen and oxygen atoms in total. The highest BCUT2D eigenvalue weighted by atomic mass is 28.5. The highest BCUT2D eigenvalue weighted by molar-refractivity contribution is 6.82. The zero-order valence-electron chi connectivity index (χ0n) is 16.5. The van der Waals surface area contributed by atoms with Gasteiger partial charge in [-0.3, -0.25) is 0 Å². The van der Waals surface area contributed by atoms with Crippen molar-refractivity contribution in [2.24, 2.45) is 0 Å². The summed E-state index contributed by atoms with van der Waals surface area (Å²) in [4.78, 5) is 12.5. The van der Waals surface area contributed by atoms with Gasteiger partial charge in [-0.25, -0.2) is 0 Å². The molecule has 0 rings (SSSR count). The summed E-state index contributed by atoms with van der Waals surface area (Å²) in [5, 5.41) is 0. The summed E-state index contributed by atoms with van der Waals surface area (Å²) in [5.41, 5.74) is 0. The fraction of sp³-hybridized carbons (Fsp3) is 1.00. The summed E-state index contributed by atoms with van der Waals surface area (Å²) in [6.45, 7) is 5.12. The molecule has 0 spiro atoms. The molecular formula is C14H31F6NO3Si3. The summed E-state index contributed by atoms with van der Waals surface area (Å²) < 4.78 is 86.6. The van der Waals surface area contributed by atoms with E-state index in [1.807, 2.05) is 19.0 Å². The van der Waals surface area contributed by atoms with E-state index in [1.165, 1.54) is 19.6 Å². The average molecular weight is 460 g/mol. The summed E-state index contributed by atoms with van der Waals surface area (Å²) in [6, 6.07) is -0.343. The molecule has 0 aliphatic heterocycles. The number of halogens is 6. The van der Waals surface area contributed by atoms with Crippen LogP contribution in [0, 0.1) is 0 Å². The zero-order valence-corrected chi connectivity index (χ0v) is 19.7. The first kappa shape index (κ1) is 27.1. The van der Waals surface area contributed by atoms with Crippen LogP contribution in [-0.2, 0) is 8.23 Å². The Hall–Kier alpha value is 0.0706. The molecule has 27 heavy (non-hydrogen) atoms. The molecule has 0 aromatic rings. The van der Waals surface area contributed by atoms with Gasteiger partial charge < -0.3 is 17.9 Å². The van der Waals surface area contributed by atoms with E-state index in [-0.39, 0.29) is 6.04 Å². The van der Waals surface area contributed by atoms with Gasteiger partial charge in [-0.1, -0.05) is 0 Å². The number of hydrogen-bond donors (Lipinski definition) is 1. The third kappa shape index (κ3) is 15.6. The summed E-state index contributed by atoms with van der Waals surface area (Å²) in [7, 11) is -5.42. The van der Waals surface area contributed by atoms with Crippen LogP contribution >= 0.6 is 0 Å². The van der Waals surface area contributed by atoms with Crippen LogP contribution in [0.1, 0.15) is 19.3 Å². The van der Waals surface area contributed by atoms with E-state index in [4.69, 9.17) is 8.23 Å². The number of hydrogen-bond acceptors (Lipinski definition) is 4. The quantitative estimate of drug-likeness (QED) is 0.348. The van der Waals surface area contributed by atoms with Gasteiger partial charge in [0.2, 0.25) is 0 Å². The molecule has 0 radical (unpaired) electrons. The molecule has 0 saturated carbocycles. The highest BCUT2D eigenvalue weighted by Crippen LogP contribution is 2.31. The summed E-state index contributed by atoms with van der Waals surface area (Å²) >= 11 is 0. The third-order valence-electron chi connectivity index (χ3n) is 3.83. The van der Waals surface area contributed by atoms with E-state index >= 15 is 0 Å². The van der Waals surface area contributed by atoms with Crippen molar-refractivity contribution in [1.29, 1.82) is 0 Å². The maximum atomic E-state index is 12.7. The van der Waals surface area contributed by atoms with Gasteiger partial charge in [0.1, 0.15) is 0 Å². The van der Waals surface area contributed by atoms with Crippen LogP contribution in [0.15, 0.2) is 0 Å². The van der Waals surface area contributed by atoms with Crippen LogP contribution in [0.5, 0.6) is 0 Å². The minimum absolute atomic E-state index is 0.230. The Morgan fingerprint density at radius 3 is 1.93 bits per heavy atom. The van der Waals surface area contributed by atoms with Crippen LogP contribution in [0.25, 0.3) is 0 Å². The molecule has 0 heterocycles. The SMILES string of the molecule is CN(C)CCC[Si](C)(O)O[Si](C)(CCC(F)(F)F)O[SiH](C)CCC(F)(F)F. The zero-order chi connectivity index (χ0) is 21.5. The molecule has 0 aromatic carbocycles. The van der Waals surface area contributed by atoms with E-state index in [9.17, 15) is 31.1 Å². The standard InChI is InChI=1S/C14H31F6NO3Si3/c1-21(2)9-6-11-26(4,22)24-27(5,12-8-14(18,19)20)23-25(3)10-7-13(15,16)17/h22,25H,6-12H2,1-5H3. The molecule has 164 valence electrons. The van der Waals surface area contributed by atoms with Gasteiger partial charge in [0.15, 0.2) is 9.04 Å². The van der Waals surface area contributed by atoms with Crippen LogP contribution in [0.2, 0.25) is 37.8 Å². The van der Waals surface area contributed by atoms with E-state index in [0.29, 0.717) is 19.0 Å². The molecule has 0 fully saturated rings. The molecule has 0 amide bonds. The van der Waals surface area contributed by atoms with Gasteiger partial charge in [-0.05, 0) is 64.8 Å². The lowest BCUT2D eigenvalue weighted by atomic mass is 10.5. The predicted molar refractivity (Wildman–Crippen MR) is 99.6 cm³/mol. The number of alkyl halides is 6. The normalized spacial score (nSPS) is 19.0. The molecule has 0 aromatic heterocycles. The molecule has 13 heteroatoms. The first-order chi connectivity index (χ1) is 11.9. The Labute approximate surface area is 161 Å². The number of rotatable bonds is 12. The first-order valence-corrected chi connectivity index (χ1v) is 16.3. The monoisotopic (exact) mass is 459 g/mol. The van der Waals surface area contributed by atoms with Crippen LogP contribution in [-0.4, -0.2) is 68.9 Å². The topological polar surface area (TPSA) is 41.9 Å². The van der Waals surface area contributed by atoms with Gasteiger partial charge in [0.05, 0.1) is 0 Å². The second-order valence-electron chi connectivity index (χ2n) is 7.52. The Bertz CT molecular complexity index is 437. The smallest absolute Gasteiger partial charge is 0.389 e. The van der Waals surface area contributed by atoms with E-state index < -0.39 is 57.4 Å². The van der Waals surface area contributed by atoms with Gasteiger partial charge >= 0.3 is 29.5 Å². The van der Waals surface area contributed by atoms with Crippen molar-refractivity contribution < 1.29 is 39.4 Å². The molecule has 0 aliphatic carbocycles. The molecule has 0 saturated heterocycles. The van der Waals surface area contributed by atoms with Crippen LogP contribution < -0.4 is 0 Å². The van der Waals surface area contributed by atoms with E-state index in [1.54, 1.807) is 0 Å². The van der Waals surface area contributed by atoms with Crippen molar-refractivity contribution >= 4 is 26.2 Å². The first-order valence-electron chi connectivity index (χ1n) is 8.82. The predicted octanol–water partition coefficient (Wildman–Crippen LogP) is 4.37. The minimum Gasteiger partial charge on any atom is -0.439 e. The van der Waals surface area contributed by atoms with Crippen molar-refractivity contribution in [3.8, 4) is 0 Å². The molecule has 3 atom stereocenters. The fourth-order valence-corrected chi connectivity index (χ4v) is 14.4. The molecule has 3 unspecified atom stereocenters. The van der Waals surface area contributed by atoms with Crippen molar-refractivity contribution in [3.63, 3.8) is 0 Å². The Balaban J connectivity index is 5.01. The van der Waals surface area contributed by atoms with Crippen molar-refractivity contribution in [2.75, 3.05) is 20.6 Å². The van der Waals surface area contributed by atoms with Crippen LogP contribution in [0.3, 0.4) is 0 Å². The lowest BCUT2D eigenvalue weighted by Gasteiger charge is -2.36. The van der Waals surface area contributed by atoms with Crippen LogP contribution in [0.4, 0.5) is 26.3 Å². The largest absolute Gasteiger partial charge is 0.439 e. The summed E-state index contributed by atoms with van der Waals surface area (Å²) in [6.07, 6.45) is -10.3. The Morgan fingerprint density at radius 2 is 1.48 bits per heavy atom. The van der Waals surface area contributed by atoms with E-state index in [0.717, 1.165) is 0 Å². The third-order valence-corrected chi connectivity index (χ3v) is 14.5. The molecule has 0 aliphatic rings. The fourth-order valence-electron chi connectivity index (χ4n) is 2.59. The van der Waals surface area contributed by atoms with Gasteiger partial charge in [0, 0.05) is 12.8 Å². The molecule has 0 bridgehead atoms. The van der Waals surface area contributed by atoms with Gasteiger partial charge in [0.25, 0.3) is 0 Å². The van der Waals surface area contributed by atoms with E-state index in [2.05, 4.69) is 0 Å². The lowest BCUT2D eigenvalue weighted by Crippen LogP contribution is -2.53. The Morgan fingerprint density at radius 1 is 0.963 bits per heavy atom. The molecule has 1 N–H and O–H groups in total.